The van der Waals surface area contributed by atoms with Gasteiger partial charge in [-0.25, -0.2) is 9.36 Å². The number of carbonyl (C=O) groups is 2. The molecule has 0 bridgehead atoms. The summed E-state index contributed by atoms with van der Waals surface area (Å²) in [6.07, 6.45) is 0. The van der Waals surface area contributed by atoms with Crippen LogP contribution in [0.3, 0.4) is 0 Å². The number of Topliss-reactive ketones (excluding diaryl/α,β-unsaturated/α-hetero) is 1. The summed E-state index contributed by atoms with van der Waals surface area (Å²) in [4.78, 5) is 40.6. The third-order valence-corrected chi connectivity index (χ3v) is 6.81. The lowest BCUT2D eigenvalue weighted by Gasteiger charge is -2.19. The lowest BCUT2D eigenvalue weighted by molar-refractivity contribution is 0.0697. The maximum atomic E-state index is 12.8. The summed E-state index contributed by atoms with van der Waals surface area (Å²) < 4.78 is 26.9. The number of fused-ring (bicyclic) bond motifs is 2. The van der Waals surface area contributed by atoms with Gasteiger partial charge in [-0.05, 0) is 42.0 Å². The van der Waals surface area contributed by atoms with E-state index in [4.69, 9.17) is 8.94 Å². The Morgan fingerprint density at radius 3 is 2.49 bits per heavy atom. The minimum Gasteiger partial charge on any atom is -0.478 e. The quantitative estimate of drug-likeness (QED) is 0.190. The first kappa shape index (κ1) is 26.2. The van der Waals surface area contributed by atoms with Crippen molar-refractivity contribution in [1.29, 1.82) is 0 Å². The SMILES string of the molecule is CN=c1ccc2c(-c3cc(C(=O)COP(=O)(O)OC)ccc3C(=O)O)c3ccc(N(C)C)cc3oc-2c1.[HH]. The maximum absolute atomic E-state index is 12.8. The lowest BCUT2D eigenvalue weighted by atomic mass is 9.89. The largest absolute Gasteiger partial charge is 0.478 e. The summed E-state index contributed by atoms with van der Waals surface area (Å²) in [5.41, 5.74) is 2.92. The van der Waals surface area contributed by atoms with Crippen LogP contribution in [-0.2, 0) is 13.6 Å². The number of benzene rings is 3. The van der Waals surface area contributed by atoms with E-state index in [1.54, 1.807) is 25.2 Å². The molecule has 2 aromatic rings. The minimum atomic E-state index is -4.37. The van der Waals surface area contributed by atoms with Crippen LogP contribution in [-0.4, -0.2) is 56.6 Å². The van der Waals surface area contributed by atoms with Crippen LogP contribution in [0.5, 0.6) is 0 Å². The van der Waals surface area contributed by atoms with E-state index in [1.807, 2.05) is 37.2 Å². The van der Waals surface area contributed by atoms with Crippen molar-refractivity contribution in [2.24, 2.45) is 4.99 Å². The fourth-order valence-corrected chi connectivity index (χ4v) is 4.35. The molecule has 10 nitrogen and oxygen atoms in total. The summed E-state index contributed by atoms with van der Waals surface area (Å²) in [6, 6.07) is 15.0. The molecule has 1 unspecified atom stereocenters. The molecule has 194 valence electrons. The number of rotatable bonds is 8. The van der Waals surface area contributed by atoms with E-state index in [0.717, 1.165) is 12.8 Å². The number of hydrogen-bond acceptors (Lipinski definition) is 8. The van der Waals surface area contributed by atoms with Gasteiger partial charge < -0.3 is 19.3 Å². The fraction of sp³-hybridized carbons (Fsp3) is 0.192. The van der Waals surface area contributed by atoms with Crippen LogP contribution in [0.4, 0.5) is 5.69 Å². The topological polar surface area (TPSA) is 139 Å². The van der Waals surface area contributed by atoms with Crippen molar-refractivity contribution in [3.8, 4) is 22.5 Å². The monoisotopic (exact) mass is 526 g/mol. The molecule has 0 radical (unpaired) electrons. The van der Waals surface area contributed by atoms with Crippen LogP contribution in [0.25, 0.3) is 33.4 Å². The van der Waals surface area contributed by atoms with Crippen molar-refractivity contribution in [3.05, 3.63) is 71.1 Å². The predicted molar refractivity (Wildman–Crippen MR) is 140 cm³/mol. The van der Waals surface area contributed by atoms with Gasteiger partial charge >= 0.3 is 13.8 Å². The Morgan fingerprint density at radius 1 is 1.08 bits per heavy atom. The average Bonchev–Trinajstić information content (AvgIpc) is 2.89. The number of phosphoric ester groups is 1. The molecule has 2 aromatic carbocycles. The normalized spacial score (nSPS) is 13.6. The van der Waals surface area contributed by atoms with E-state index in [1.165, 1.54) is 18.2 Å². The molecular formula is C26H27N2O8P. The summed E-state index contributed by atoms with van der Waals surface area (Å²) in [7, 11) is 2.06. The molecule has 2 N–H and O–H groups in total. The zero-order valence-electron chi connectivity index (χ0n) is 20.6. The zero-order valence-corrected chi connectivity index (χ0v) is 21.5. The van der Waals surface area contributed by atoms with Crippen molar-refractivity contribution in [3.63, 3.8) is 0 Å². The van der Waals surface area contributed by atoms with Crippen LogP contribution in [0.15, 0.2) is 64.0 Å². The van der Waals surface area contributed by atoms with Crippen LogP contribution < -0.4 is 10.3 Å². The third kappa shape index (κ3) is 5.33. The van der Waals surface area contributed by atoms with Gasteiger partial charge in [-0.3, -0.25) is 18.8 Å². The van der Waals surface area contributed by atoms with Crippen LogP contribution in [0.1, 0.15) is 22.1 Å². The molecule has 11 heteroatoms. The second-order valence-corrected chi connectivity index (χ2v) is 9.93. The van der Waals surface area contributed by atoms with E-state index in [9.17, 15) is 24.2 Å². The Morgan fingerprint density at radius 2 is 1.84 bits per heavy atom. The first-order valence-corrected chi connectivity index (χ1v) is 12.6. The van der Waals surface area contributed by atoms with Gasteiger partial charge in [0.05, 0.1) is 10.9 Å². The van der Waals surface area contributed by atoms with Gasteiger partial charge in [0.25, 0.3) is 0 Å². The summed E-state index contributed by atoms with van der Waals surface area (Å²) >= 11 is 0. The Balaban J connectivity index is 0.00000400. The van der Waals surface area contributed by atoms with Crippen molar-refractivity contribution in [2.75, 3.05) is 39.8 Å². The Bertz CT molecular complexity index is 1610. The fourth-order valence-electron chi connectivity index (χ4n) is 3.96. The van der Waals surface area contributed by atoms with Crippen molar-refractivity contribution < 1.29 is 39.0 Å². The smallest absolute Gasteiger partial charge is 0.472 e. The van der Waals surface area contributed by atoms with Crippen LogP contribution in [0, 0.1) is 0 Å². The van der Waals surface area contributed by atoms with Crippen molar-refractivity contribution >= 4 is 36.2 Å². The average molecular weight is 526 g/mol. The highest BCUT2D eigenvalue weighted by atomic mass is 31.2. The second kappa shape index (κ2) is 10.3. The summed E-state index contributed by atoms with van der Waals surface area (Å²) in [5.74, 6) is -1.32. The van der Waals surface area contributed by atoms with E-state index >= 15 is 0 Å². The number of phosphoric acid groups is 1. The predicted octanol–water partition coefficient (Wildman–Crippen LogP) is 4.69. The van der Waals surface area contributed by atoms with Crippen LogP contribution >= 0.6 is 7.82 Å². The molecule has 1 heterocycles. The van der Waals surface area contributed by atoms with Gasteiger partial charge in [0, 0.05) is 69.6 Å². The van der Waals surface area contributed by atoms with Crippen molar-refractivity contribution in [1.82, 2.24) is 0 Å². The van der Waals surface area contributed by atoms with Crippen molar-refractivity contribution in [2.45, 2.75) is 0 Å². The Labute approximate surface area is 213 Å². The highest BCUT2D eigenvalue weighted by Gasteiger charge is 2.25. The molecule has 1 aliphatic heterocycles. The van der Waals surface area contributed by atoms with Gasteiger partial charge in [-0.2, -0.15) is 0 Å². The molecule has 0 saturated heterocycles. The van der Waals surface area contributed by atoms with E-state index in [-0.39, 0.29) is 18.1 Å². The minimum absolute atomic E-state index is 0. The molecule has 0 spiro atoms. The maximum Gasteiger partial charge on any atom is 0.472 e. The number of nitrogens with zero attached hydrogens (tertiary/aromatic N) is 2. The molecule has 37 heavy (non-hydrogen) atoms. The molecular weight excluding hydrogens is 499 g/mol. The summed E-state index contributed by atoms with van der Waals surface area (Å²) in [6.45, 7) is -0.730. The zero-order chi connectivity index (χ0) is 26.9. The number of carbonyl (C=O) groups excluding carboxylic acids is 1. The molecule has 0 aromatic heterocycles. The molecule has 0 amide bonds. The lowest BCUT2D eigenvalue weighted by Crippen LogP contribution is -2.11. The van der Waals surface area contributed by atoms with E-state index in [2.05, 4.69) is 9.52 Å². The number of hydrogen-bond donors (Lipinski definition) is 2. The number of aromatic carboxylic acids is 1. The van der Waals surface area contributed by atoms with Gasteiger partial charge in [0.2, 0.25) is 0 Å². The number of carboxylic acids is 1. The molecule has 4 rings (SSSR count). The highest BCUT2D eigenvalue weighted by molar-refractivity contribution is 7.47. The first-order valence-electron chi connectivity index (χ1n) is 11.1. The first-order chi connectivity index (χ1) is 17.5. The van der Waals surface area contributed by atoms with Gasteiger partial charge in [-0.15, -0.1) is 0 Å². The van der Waals surface area contributed by atoms with Gasteiger partial charge in [-0.1, -0.05) is 6.07 Å². The number of carboxylic acid groups (broad SMARTS) is 1. The van der Waals surface area contributed by atoms with E-state index < -0.39 is 26.2 Å². The molecule has 0 saturated carbocycles. The van der Waals surface area contributed by atoms with Crippen LogP contribution in [0.2, 0.25) is 0 Å². The van der Waals surface area contributed by atoms with Gasteiger partial charge in [0.1, 0.15) is 18.0 Å². The third-order valence-electron chi connectivity index (χ3n) is 5.89. The summed E-state index contributed by atoms with van der Waals surface area (Å²) in [5, 5.41) is 11.3. The molecule has 1 aliphatic carbocycles. The number of anilines is 1. The second-order valence-electron chi connectivity index (χ2n) is 8.37. The van der Waals surface area contributed by atoms with E-state index in [0.29, 0.717) is 33.2 Å². The molecule has 1 atom stereocenters. The Hall–Kier alpha value is -3.82. The standard InChI is InChI=1S/C26H25N2O8P.H2/c1-27-16-6-9-19-23(12-16)36-24-13-17(28(2)3)7-10-20(24)25(19)21-11-15(5-8-18(21)26(30)31)22(29)14-35-37(32,33)34-4;/h5-13H,14H2,1-4H3,(H,30,31)(H,32,33);1H. The molecule has 0 fully saturated rings. The molecule has 2 aliphatic rings. The highest BCUT2D eigenvalue weighted by Crippen LogP contribution is 2.43. The van der Waals surface area contributed by atoms with Gasteiger partial charge in [0.15, 0.2) is 5.78 Å². The Kier molecular flexibility index (Phi) is 7.29. The number of ketones is 1.